The van der Waals surface area contributed by atoms with Gasteiger partial charge >= 0.3 is 0 Å². The lowest BCUT2D eigenvalue weighted by Crippen LogP contribution is -2.36. The number of aryl methyl sites for hydroxylation is 1. The Kier molecular flexibility index (Phi) is 6.82. The summed E-state index contributed by atoms with van der Waals surface area (Å²) in [4.78, 5) is 22.1. The smallest absolute Gasteiger partial charge is 0.272 e. The van der Waals surface area contributed by atoms with E-state index >= 15 is 0 Å². The molecule has 6 nitrogen and oxygen atoms in total. The Morgan fingerprint density at radius 2 is 2.00 bits per heavy atom. The summed E-state index contributed by atoms with van der Waals surface area (Å²) in [6.07, 6.45) is 1.99. The van der Waals surface area contributed by atoms with Gasteiger partial charge < -0.3 is 10.1 Å². The van der Waals surface area contributed by atoms with Crippen molar-refractivity contribution in [3.05, 3.63) is 33.9 Å². The van der Waals surface area contributed by atoms with Crippen molar-refractivity contribution in [1.82, 2.24) is 5.32 Å². The van der Waals surface area contributed by atoms with E-state index in [1.807, 2.05) is 6.92 Å². The Hall–Kier alpha value is -2.11. The molecule has 0 unspecified atom stereocenters. The van der Waals surface area contributed by atoms with Crippen LogP contribution in [0.1, 0.15) is 39.2 Å². The summed E-state index contributed by atoms with van der Waals surface area (Å²) in [5.41, 5.74) is 0.548. The van der Waals surface area contributed by atoms with Crippen LogP contribution < -0.4 is 10.1 Å². The van der Waals surface area contributed by atoms with Crippen LogP contribution >= 0.6 is 0 Å². The third kappa shape index (κ3) is 6.11. The normalized spacial score (nSPS) is 12.0. The molecule has 0 fully saturated rings. The van der Waals surface area contributed by atoms with E-state index in [0.29, 0.717) is 17.2 Å². The standard InChI is InChI=1S/C16H24N2O4/c1-11(2)5-6-13(4)17-16(19)10-22-14-7-8-15(18(20)21)12(3)9-14/h7-9,11,13H,5-6,10H2,1-4H3,(H,17,19)/t13-/m0/s1. The first-order chi connectivity index (χ1) is 10.3. The molecule has 1 atom stereocenters. The number of nitrogens with zero attached hydrogens (tertiary/aromatic N) is 1. The third-order valence-corrected chi connectivity index (χ3v) is 3.32. The van der Waals surface area contributed by atoms with E-state index in [1.165, 1.54) is 12.1 Å². The molecule has 1 aromatic rings. The van der Waals surface area contributed by atoms with E-state index < -0.39 is 4.92 Å². The fourth-order valence-corrected chi connectivity index (χ4v) is 2.04. The summed E-state index contributed by atoms with van der Waals surface area (Å²) < 4.78 is 5.38. The van der Waals surface area contributed by atoms with E-state index in [2.05, 4.69) is 19.2 Å². The van der Waals surface area contributed by atoms with Gasteiger partial charge in [0.2, 0.25) is 0 Å². The highest BCUT2D eigenvalue weighted by atomic mass is 16.6. The van der Waals surface area contributed by atoms with Gasteiger partial charge in [0.05, 0.1) is 4.92 Å². The first-order valence-corrected chi connectivity index (χ1v) is 7.46. The molecule has 1 rings (SSSR count). The second-order valence-electron chi connectivity index (χ2n) is 5.93. The van der Waals surface area contributed by atoms with E-state index in [1.54, 1.807) is 13.0 Å². The Morgan fingerprint density at radius 3 is 2.55 bits per heavy atom. The summed E-state index contributed by atoms with van der Waals surface area (Å²) in [5.74, 6) is 0.874. The molecule has 122 valence electrons. The van der Waals surface area contributed by atoms with E-state index in [0.717, 1.165) is 12.8 Å². The second-order valence-corrected chi connectivity index (χ2v) is 5.93. The van der Waals surface area contributed by atoms with Crippen LogP contribution in [0, 0.1) is 23.0 Å². The number of hydrogen-bond acceptors (Lipinski definition) is 4. The molecule has 1 amide bonds. The van der Waals surface area contributed by atoms with Crippen LogP contribution in [-0.4, -0.2) is 23.5 Å². The van der Waals surface area contributed by atoms with Crippen molar-refractivity contribution in [3.8, 4) is 5.75 Å². The molecule has 0 heterocycles. The maximum Gasteiger partial charge on any atom is 0.272 e. The fraction of sp³-hybridized carbons (Fsp3) is 0.562. The Labute approximate surface area is 131 Å². The minimum absolute atomic E-state index is 0.0408. The number of hydrogen-bond donors (Lipinski definition) is 1. The van der Waals surface area contributed by atoms with Crippen LogP contribution in [0.25, 0.3) is 0 Å². The monoisotopic (exact) mass is 308 g/mol. The Balaban J connectivity index is 2.44. The zero-order chi connectivity index (χ0) is 16.7. The molecule has 6 heteroatoms. The first-order valence-electron chi connectivity index (χ1n) is 7.46. The van der Waals surface area contributed by atoms with Crippen molar-refractivity contribution in [2.75, 3.05) is 6.61 Å². The topological polar surface area (TPSA) is 81.5 Å². The highest BCUT2D eigenvalue weighted by Gasteiger charge is 2.12. The first kappa shape index (κ1) is 17.9. The third-order valence-electron chi connectivity index (χ3n) is 3.32. The lowest BCUT2D eigenvalue weighted by atomic mass is 10.0. The molecular formula is C16H24N2O4. The molecule has 0 aliphatic rings. The summed E-state index contributed by atoms with van der Waals surface area (Å²) in [5, 5.41) is 13.6. The van der Waals surface area contributed by atoms with E-state index in [-0.39, 0.29) is 24.2 Å². The van der Waals surface area contributed by atoms with Crippen LogP contribution in [0.15, 0.2) is 18.2 Å². The Morgan fingerprint density at radius 1 is 1.32 bits per heavy atom. The van der Waals surface area contributed by atoms with Crippen LogP contribution in [0.3, 0.4) is 0 Å². The van der Waals surface area contributed by atoms with E-state index in [4.69, 9.17) is 4.74 Å². The number of nitrogens with one attached hydrogen (secondary N) is 1. The van der Waals surface area contributed by atoms with Crippen molar-refractivity contribution in [1.29, 1.82) is 0 Å². The van der Waals surface area contributed by atoms with Gasteiger partial charge in [-0.3, -0.25) is 14.9 Å². The molecule has 0 saturated heterocycles. The number of carbonyl (C=O) groups excluding carboxylic acids is 1. The molecule has 22 heavy (non-hydrogen) atoms. The molecular weight excluding hydrogens is 284 g/mol. The number of ether oxygens (including phenoxy) is 1. The summed E-state index contributed by atoms with van der Waals surface area (Å²) in [7, 11) is 0. The quantitative estimate of drug-likeness (QED) is 0.590. The van der Waals surface area contributed by atoms with Crippen LogP contribution in [-0.2, 0) is 4.79 Å². The van der Waals surface area contributed by atoms with Gasteiger partial charge in [0.25, 0.3) is 11.6 Å². The second kappa shape index (κ2) is 8.36. The van der Waals surface area contributed by atoms with Crippen molar-refractivity contribution < 1.29 is 14.5 Å². The molecule has 0 radical (unpaired) electrons. The maximum absolute atomic E-state index is 11.8. The summed E-state index contributed by atoms with van der Waals surface area (Å²) in [6, 6.07) is 4.55. The summed E-state index contributed by atoms with van der Waals surface area (Å²) >= 11 is 0. The molecule has 1 aromatic carbocycles. The summed E-state index contributed by atoms with van der Waals surface area (Å²) in [6.45, 7) is 7.81. The van der Waals surface area contributed by atoms with Gasteiger partial charge in [0, 0.05) is 17.7 Å². The molecule has 1 N–H and O–H groups in total. The van der Waals surface area contributed by atoms with Crippen LogP contribution in [0.5, 0.6) is 5.75 Å². The lowest BCUT2D eigenvalue weighted by molar-refractivity contribution is -0.385. The van der Waals surface area contributed by atoms with E-state index in [9.17, 15) is 14.9 Å². The zero-order valence-corrected chi connectivity index (χ0v) is 13.6. The number of carbonyl (C=O) groups is 1. The number of nitro benzene ring substituents is 1. The Bertz CT molecular complexity index is 529. The minimum Gasteiger partial charge on any atom is -0.484 e. The van der Waals surface area contributed by atoms with Gasteiger partial charge in [0.15, 0.2) is 6.61 Å². The average molecular weight is 308 g/mol. The van der Waals surface area contributed by atoms with Gasteiger partial charge in [-0.1, -0.05) is 13.8 Å². The maximum atomic E-state index is 11.8. The van der Waals surface area contributed by atoms with Gasteiger partial charge in [-0.2, -0.15) is 0 Å². The molecule has 0 aliphatic heterocycles. The molecule has 0 bridgehead atoms. The van der Waals surface area contributed by atoms with Gasteiger partial charge in [-0.25, -0.2) is 0 Å². The van der Waals surface area contributed by atoms with Gasteiger partial charge in [-0.15, -0.1) is 0 Å². The molecule has 0 spiro atoms. The van der Waals surface area contributed by atoms with Crippen molar-refractivity contribution >= 4 is 11.6 Å². The van der Waals surface area contributed by atoms with Crippen LogP contribution in [0.4, 0.5) is 5.69 Å². The SMILES string of the molecule is Cc1cc(OCC(=O)N[C@@H](C)CCC(C)C)ccc1[N+](=O)[O-]. The molecule has 0 aliphatic carbocycles. The van der Waals surface area contributed by atoms with Gasteiger partial charge in [-0.05, 0) is 44.7 Å². The average Bonchev–Trinajstić information content (AvgIpc) is 2.42. The lowest BCUT2D eigenvalue weighted by Gasteiger charge is -2.15. The highest BCUT2D eigenvalue weighted by Crippen LogP contribution is 2.22. The minimum atomic E-state index is -0.442. The predicted molar refractivity (Wildman–Crippen MR) is 85.0 cm³/mol. The number of rotatable bonds is 8. The number of amides is 1. The highest BCUT2D eigenvalue weighted by molar-refractivity contribution is 5.77. The zero-order valence-electron chi connectivity index (χ0n) is 13.6. The van der Waals surface area contributed by atoms with Crippen LogP contribution in [0.2, 0.25) is 0 Å². The van der Waals surface area contributed by atoms with Crippen molar-refractivity contribution in [3.63, 3.8) is 0 Å². The fourth-order valence-electron chi connectivity index (χ4n) is 2.04. The largest absolute Gasteiger partial charge is 0.484 e. The van der Waals surface area contributed by atoms with Crippen molar-refractivity contribution in [2.24, 2.45) is 5.92 Å². The van der Waals surface area contributed by atoms with Gasteiger partial charge in [0.1, 0.15) is 5.75 Å². The predicted octanol–water partition coefficient (Wildman–Crippen LogP) is 3.22. The molecule has 0 saturated carbocycles. The molecule has 0 aromatic heterocycles. The number of benzene rings is 1. The van der Waals surface area contributed by atoms with Crippen molar-refractivity contribution in [2.45, 2.75) is 46.6 Å². The number of nitro groups is 1.